The van der Waals surface area contributed by atoms with Gasteiger partial charge in [-0.25, -0.2) is 0 Å². The molecule has 1 aromatic rings. The molecule has 0 N–H and O–H groups in total. The van der Waals surface area contributed by atoms with Gasteiger partial charge >= 0.3 is 0 Å². The van der Waals surface area contributed by atoms with E-state index in [1.807, 2.05) is 0 Å². The fourth-order valence-corrected chi connectivity index (χ4v) is 2.14. The molecule has 0 atom stereocenters. The van der Waals surface area contributed by atoms with Crippen LogP contribution in [0.1, 0.15) is 5.56 Å². The molecule has 1 aliphatic heterocycles. The van der Waals surface area contributed by atoms with Gasteiger partial charge in [-0.3, -0.25) is 4.99 Å². The van der Waals surface area contributed by atoms with Crippen molar-refractivity contribution >= 4 is 69.4 Å². The van der Waals surface area contributed by atoms with E-state index in [1.54, 1.807) is 12.1 Å². The normalized spacial score (nSPS) is 15.1. The third-order valence-electron chi connectivity index (χ3n) is 2.09. The fourth-order valence-electron chi connectivity index (χ4n) is 1.38. The highest BCUT2D eigenvalue weighted by atomic mass is 35.6. The average molecular weight is 303 g/mol. The quantitative estimate of drug-likeness (QED) is 0.599. The number of rotatable bonds is 0. The second-order valence-corrected chi connectivity index (χ2v) is 6.19. The third-order valence-corrected chi connectivity index (χ3v) is 3.41. The van der Waals surface area contributed by atoms with E-state index in [4.69, 9.17) is 58.0 Å². The van der Waals surface area contributed by atoms with Crippen LogP contribution in [-0.4, -0.2) is 9.50 Å². The Bertz CT molecular complexity index is 447. The second kappa shape index (κ2) is 3.97. The van der Waals surface area contributed by atoms with Gasteiger partial charge in [-0.05, 0) is 12.1 Å². The lowest BCUT2D eigenvalue weighted by Crippen LogP contribution is -2.18. The standard InChI is InChI=1S/C9H4Cl5N/c10-5-1-2-6(11)8-4(5)3-7(15-8)9(12,13)14/h1-2H,3H2. The molecule has 0 amide bonds. The van der Waals surface area contributed by atoms with Gasteiger partial charge in [0, 0.05) is 17.0 Å². The SMILES string of the molecule is Clc1ccc(Cl)c2c1CC(C(Cl)(Cl)Cl)=N2. The van der Waals surface area contributed by atoms with Crippen molar-refractivity contribution in [1.29, 1.82) is 0 Å². The molecular formula is C9H4Cl5N. The van der Waals surface area contributed by atoms with Crippen LogP contribution in [0.15, 0.2) is 17.1 Å². The number of nitrogens with zero attached hydrogens (tertiary/aromatic N) is 1. The van der Waals surface area contributed by atoms with E-state index in [0.29, 0.717) is 27.9 Å². The molecule has 15 heavy (non-hydrogen) atoms. The third kappa shape index (κ3) is 2.22. The maximum atomic E-state index is 6.00. The zero-order chi connectivity index (χ0) is 11.2. The molecule has 0 radical (unpaired) electrons. The van der Waals surface area contributed by atoms with Crippen molar-refractivity contribution in [2.24, 2.45) is 4.99 Å². The molecule has 1 heterocycles. The van der Waals surface area contributed by atoms with E-state index < -0.39 is 3.79 Å². The van der Waals surface area contributed by atoms with Crippen molar-refractivity contribution in [3.63, 3.8) is 0 Å². The second-order valence-electron chi connectivity index (χ2n) is 3.09. The Hall–Kier alpha value is 0.340. The van der Waals surface area contributed by atoms with Gasteiger partial charge in [-0.1, -0.05) is 58.0 Å². The smallest absolute Gasteiger partial charge is 0.229 e. The van der Waals surface area contributed by atoms with E-state index in [-0.39, 0.29) is 0 Å². The monoisotopic (exact) mass is 301 g/mol. The number of benzene rings is 1. The average Bonchev–Trinajstić information content (AvgIpc) is 2.56. The van der Waals surface area contributed by atoms with Gasteiger partial charge in [0.25, 0.3) is 0 Å². The Morgan fingerprint density at radius 1 is 1.07 bits per heavy atom. The Morgan fingerprint density at radius 3 is 2.20 bits per heavy atom. The van der Waals surface area contributed by atoms with Crippen molar-refractivity contribution in [2.75, 3.05) is 0 Å². The van der Waals surface area contributed by atoms with Crippen molar-refractivity contribution in [1.82, 2.24) is 0 Å². The van der Waals surface area contributed by atoms with Crippen LogP contribution < -0.4 is 0 Å². The molecule has 0 spiro atoms. The van der Waals surface area contributed by atoms with Crippen LogP contribution in [0.3, 0.4) is 0 Å². The van der Waals surface area contributed by atoms with E-state index >= 15 is 0 Å². The molecule has 80 valence electrons. The molecule has 1 aromatic carbocycles. The lowest BCUT2D eigenvalue weighted by molar-refractivity contribution is 1.34. The molecule has 1 nitrogen and oxygen atoms in total. The van der Waals surface area contributed by atoms with Crippen LogP contribution in [-0.2, 0) is 6.42 Å². The van der Waals surface area contributed by atoms with Crippen molar-refractivity contribution < 1.29 is 0 Å². The van der Waals surface area contributed by atoms with Gasteiger partial charge in [0.05, 0.1) is 16.4 Å². The van der Waals surface area contributed by atoms with Gasteiger partial charge in [-0.15, -0.1) is 0 Å². The summed E-state index contributed by atoms with van der Waals surface area (Å²) in [7, 11) is 0. The van der Waals surface area contributed by atoms with E-state index in [9.17, 15) is 0 Å². The number of fused-ring (bicyclic) bond motifs is 1. The first-order valence-corrected chi connectivity index (χ1v) is 5.90. The Balaban J connectivity index is 2.51. The largest absolute Gasteiger partial charge is 0.251 e. The first-order valence-electron chi connectivity index (χ1n) is 4.01. The summed E-state index contributed by atoms with van der Waals surface area (Å²) < 4.78 is -1.51. The van der Waals surface area contributed by atoms with E-state index in [0.717, 1.165) is 5.56 Å². The highest BCUT2D eigenvalue weighted by Gasteiger charge is 2.33. The molecule has 0 saturated carbocycles. The van der Waals surface area contributed by atoms with E-state index in [1.165, 1.54) is 0 Å². The summed E-state index contributed by atoms with van der Waals surface area (Å²) >= 11 is 29.2. The van der Waals surface area contributed by atoms with Gasteiger partial charge < -0.3 is 0 Å². The van der Waals surface area contributed by atoms with Gasteiger partial charge in [0.1, 0.15) is 0 Å². The number of hydrogen-bond acceptors (Lipinski definition) is 1. The maximum absolute atomic E-state index is 6.00. The van der Waals surface area contributed by atoms with Gasteiger partial charge in [0.2, 0.25) is 3.79 Å². The minimum absolute atomic E-state index is 0.422. The lowest BCUT2D eigenvalue weighted by atomic mass is 10.1. The Kier molecular flexibility index (Phi) is 3.13. The summed E-state index contributed by atoms with van der Waals surface area (Å²) in [6.45, 7) is 0. The number of aliphatic imine (C=N–C) groups is 1. The number of halogens is 5. The highest BCUT2D eigenvalue weighted by Crippen LogP contribution is 2.43. The van der Waals surface area contributed by atoms with Crippen LogP contribution in [0.5, 0.6) is 0 Å². The zero-order valence-corrected chi connectivity index (χ0v) is 11.0. The Labute approximate surface area is 112 Å². The molecule has 0 bridgehead atoms. The molecule has 1 aliphatic rings. The topological polar surface area (TPSA) is 12.4 Å². The van der Waals surface area contributed by atoms with Crippen molar-refractivity contribution in [3.05, 3.63) is 27.7 Å². The molecular weight excluding hydrogens is 299 g/mol. The summed E-state index contributed by atoms with van der Waals surface area (Å²) in [4.78, 5) is 4.19. The van der Waals surface area contributed by atoms with Crippen molar-refractivity contribution in [2.45, 2.75) is 10.2 Å². The number of hydrogen-bond donors (Lipinski definition) is 0. The molecule has 0 fully saturated rings. The lowest BCUT2D eigenvalue weighted by Gasteiger charge is -2.09. The minimum atomic E-state index is -1.51. The number of alkyl halides is 3. The van der Waals surface area contributed by atoms with Crippen LogP contribution in [0, 0.1) is 0 Å². The molecule has 0 saturated heterocycles. The van der Waals surface area contributed by atoms with E-state index in [2.05, 4.69) is 4.99 Å². The molecule has 0 aromatic heterocycles. The first-order chi connectivity index (χ1) is 6.89. The predicted octanol–water partition coefficient (Wildman–Crippen LogP) is 4.99. The maximum Gasteiger partial charge on any atom is 0.229 e. The van der Waals surface area contributed by atoms with Crippen LogP contribution >= 0.6 is 58.0 Å². The molecule has 2 rings (SSSR count). The van der Waals surface area contributed by atoms with Gasteiger partial charge in [-0.2, -0.15) is 0 Å². The van der Waals surface area contributed by atoms with Crippen LogP contribution in [0.25, 0.3) is 0 Å². The molecule has 0 aliphatic carbocycles. The fraction of sp³-hybridized carbons (Fsp3) is 0.222. The van der Waals surface area contributed by atoms with Crippen LogP contribution in [0.2, 0.25) is 10.0 Å². The van der Waals surface area contributed by atoms with Crippen LogP contribution in [0.4, 0.5) is 5.69 Å². The molecule has 6 heteroatoms. The summed E-state index contributed by atoms with van der Waals surface area (Å²) in [5, 5.41) is 1.10. The summed E-state index contributed by atoms with van der Waals surface area (Å²) in [5.41, 5.74) is 1.86. The molecule has 0 unspecified atom stereocenters. The summed E-state index contributed by atoms with van der Waals surface area (Å²) in [6, 6.07) is 3.38. The zero-order valence-electron chi connectivity index (χ0n) is 7.20. The van der Waals surface area contributed by atoms with Crippen molar-refractivity contribution in [3.8, 4) is 0 Å². The summed E-state index contributed by atoms with van der Waals surface area (Å²) in [6.07, 6.45) is 0.422. The predicted molar refractivity (Wildman–Crippen MR) is 67.6 cm³/mol. The highest BCUT2D eigenvalue weighted by molar-refractivity contribution is 6.77. The first kappa shape index (κ1) is 11.8. The minimum Gasteiger partial charge on any atom is -0.251 e. The Morgan fingerprint density at radius 2 is 1.67 bits per heavy atom. The summed E-state index contributed by atoms with van der Waals surface area (Å²) in [5.74, 6) is 0. The van der Waals surface area contributed by atoms with Gasteiger partial charge in [0.15, 0.2) is 0 Å².